The molecule has 0 aliphatic carbocycles. The minimum atomic E-state index is 0.411. The summed E-state index contributed by atoms with van der Waals surface area (Å²) in [6, 6.07) is 9.85. The molecule has 6 heteroatoms. The van der Waals surface area contributed by atoms with Crippen LogP contribution in [0.2, 0.25) is 0 Å². The normalized spacial score (nSPS) is 11.0. The van der Waals surface area contributed by atoms with Crippen LogP contribution in [0.3, 0.4) is 0 Å². The van der Waals surface area contributed by atoms with E-state index in [1.54, 1.807) is 0 Å². The van der Waals surface area contributed by atoms with Crippen LogP contribution in [0.1, 0.15) is 17.3 Å². The van der Waals surface area contributed by atoms with Gasteiger partial charge in [-0.15, -0.1) is 0 Å². The average molecular weight is 297 g/mol. The Kier molecular flexibility index (Phi) is 3.39. The molecule has 2 heterocycles. The molecule has 5 nitrogen and oxygen atoms in total. The van der Waals surface area contributed by atoms with Gasteiger partial charge in [0.1, 0.15) is 17.5 Å². The van der Waals surface area contributed by atoms with Gasteiger partial charge < -0.3 is 5.73 Å². The molecule has 0 saturated heterocycles. The maximum absolute atomic E-state index is 5.70. The molecule has 3 aromatic rings. The van der Waals surface area contributed by atoms with E-state index >= 15 is 0 Å². The van der Waals surface area contributed by atoms with Gasteiger partial charge in [-0.3, -0.25) is 4.57 Å². The van der Waals surface area contributed by atoms with Crippen LogP contribution in [0.4, 0.5) is 0 Å². The first-order valence-electron chi connectivity index (χ1n) is 6.62. The SMILES string of the molecule is Cc1cc(-n2c(CC(N)=S)nc3ccccc32)nc(C)n1. The molecule has 2 aromatic heterocycles. The van der Waals surface area contributed by atoms with E-state index in [0.29, 0.717) is 11.4 Å². The number of rotatable bonds is 3. The Hall–Kier alpha value is -2.34. The molecule has 0 atom stereocenters. The first-order valence-corrected chi connectivity index (χ1v) is 7.03. The number of hydrogen-bond donors (Lipinski definition) is 1. The maximum atomic E-state index is 5.70. The summed E-state index contributed by atoms with van der Waals surface area (Å²) in [5, 5.41) is 0. The van der Waals surface area contributed by atoms with Crippen LogP contribution in [-0.2, 0) is 6.42 Å². The number of aryl methyl sites for hydroxylation is 2. The predicted octanol–water partition coefficient (Wildman–Crippen LogP) is 2.26. The lowest BCUT2D eigenvalue weighted by Crippen LogP contribution is -2.15. The monoisotopic (exact) mass is 297 g/mol. The molecule has 106 valence electrons. The lowest BCUT2D eigenvalue weighted by molar-refractivity contribution is 0.891. The molecular formula is C15H15N5S. The van der Waals surface area contributed by atoms with Gasteiger partial charge in [0.15, 0.2) is 0 Å². The number of imidazole rings is 1. The summed E-state index contributed by atoms with van der Waals surface area (Å²) in [7, 11) is 0. The van der Waals surface area contributed by atoms with Gasteiger partial charge in [0.05, 0.1) is 22.4 Å². The number of nitrogens with zero attached hydrogens (tertiary/aromatic N) is 4. The van der Waals surface area contributed by atoms with E-state index in [4.69, 9.17) is 18.0 Å². The number of fused-ring (bicyclic) bond motifs is 1. The van der Waals surface area contributed by atoms with E-state index in [-0.39, 0.29) is 0 Å². The lowest BCUT2D eigenvalue weighted by Gasteiger charge is -2.09. The predicted molar refractivity (Wildman–Crippen MR) is 86.6 cm³/mol. The highest BCUT2D eigenvalue weighted by molar-refractivity contribution is 7.80. The quantitative estimate of drug-likeness (QED) is 0.751. The molecule has 0 spiro atoms. The number of hydrogen-bond acceptors (Lipinski definition) is 4. The van der Waals surface area contributed by atoms with Gasteiger partial charge in [-0.05, 0) is 26.0 Å². The molecule has 0 aliphatic rings. The van der Waals surface area contributed by atoms with Crippen LogP contribution in [0, 0.1) is 13.8 Å². The molecule has 0 aliphatic heterocycles. The van der Waals surface area contributed by atoms with Crippen molar-refractivity contribution in [1.29, 1.82) is 0 Å². The summed E-state index contributed by atoms with van der Waals surface area (Å²) in [6.45, 7) is 3.83. The molecule has 0 fully saturated rings. The van der Waals surface area contributed by atoms with E-state index in [9.17, 15) is 0 Å². The minimum absolute atomic E-state index is 0.411. The average Bonchev–Trinajstić information content (AvgIpc) is 2.74. The van der Waals surface area contributed by atoms with Crippen molar-refractivity contribution < 1.29 is 0 Å². The first kappa shape index (κ1) is 13.6. The van der Waals surface area contributed by atoms with Crippen LogP contribution in [-0.4, -0.2) is 24.5 Å². The van der Waals surface area contributed by atoms with Gasteiger partial charge in [-0.25, -0.2) is 15.0 Å². The summed E-state index contributed by atoms with van der Waals surface area (Å²) in [5.41, 5.74) is 8.50. The molecule has 3 rings (SSSR count). The number of benzene rings is 1. The number of aromatic nitrogens is 4. The van der Waals surface area contributed by atoms with Crippen molar-refractivity contribution in [1.82, 2.24) is 19.5 Å². The zero-order chi connectivity index (χ0) is 15.0. The van der Waals surface area contributed by atoms with E-state index in [1.165, 1.54) is 0 Å². The maximum Gasteiger partial charge on any atom is 0.142 e. The number of nitrogens with two attached hydrogens (primary N) is 1. The van der Waals surface area contributed by atoms with Gasteiger partial charge in [-0.2, -0.15) is 0 Å². The Morgan fingerprint density at radius 3 is 2.67 bits per heavy atom. The van der Waals surface area contributed by atoms with E-state index < -0.39 is 0 Å². The smallest absolute Gasteiger partial charge is 0.142 e. The van der Waals surface area contributed by atoms with Gasteiger partial charge in [-0.1, -0.05) is 24.4 Å². The van der Waals surface area contributed by atoms with Gasteiger partial charge in [0.25, 0.3) is 0 Å². The molecule has 0 bridgehead atoms. The van der Waals surface area contributed by atoms with E-state index in [2.05, 4.69) is 15.0 Å². The van der Waals surface area contributed by atoms with Crippen LogP contribution in [0.5, 0.6) is 0 Å². The molecule has 0 unspecified atom stereocenters. The largest absolute Gasteiger partial charge is 0.393 e. The molecular weight excluding hydrogens is 282 g/mol. The fourth-order valence-corrected chi connectivity index (χ4v) is 2.55. The summed E-state index contributed by atoms with van der Waals surface area (Å²) in [6.07, 6.45) is 0.437. The van der Waals surface area contributed by atoms with Crippen LogP contribution in [0.15, 0.2) is 30.3 Å². The van der Waals surface area contributed by atoms with Crippen molar-refractivity contribution in [2.45, 2.75) is 20.3 Å². The Bertz CT molecular complexity index is 817. The molecule has 0 saturated carbocycles. The van der Waals surface area contributed by atoms with Crippen molar-refractivity contribution >= 4 is 28.2 Å². The Morgan fingerprint density at radius 2 is 1.95 bits per heavy atom. The zero-order valence-electron chi connectivity index (χ0n) is 11.9. The number of thiocarbonyl (C=S) groups is 1. The second-order valence-electron chi connectivity index (χ2n) is 4.91. The summed E-state index contributed by atoms with van der Waals surface area (Å²) < 4.78 is 2.00. The third-order valence-corrected chi connectivity index (χ3v) is 3.29. The topological polar surface area (TPSA) is 69.6 Å². The molecule has 1 aromatic carbocycles. The molecule has 0 radical (unpaired) electrons. The van der Waals surface area contributed by atoms with Gasteiger partial charge in [0.2, 0.25) is 0 Å². The molecule has 2 N–H and O–H groups in total. The number of para-hydroxylation sites is 2. The minimum Gasteiger partial charge on any atom is -0.393 e. The van der Waals surface area contributed by atoms with E-state index in [1.807, 2.05) is 48.7 Å². The second kappa shape index (κ2) is 5.21. The van der Waals surface area contributed by atoms with Crippen molar-refractivity contribution in [2.24, 2.45) is 5.73 Å². The molecule has 21 heavy (non-hydrogen) atoms. The Labute approximate surface area is 127 Å². The van der Waals surface area contributed by atoms with Crippen molar-refractivity contribution in [3.63, 3.8) is 0 Å². The highest BCUT2D eigenvalue weighted by Gasteiger charge is 2.14. The fraction of sp³-hybridized carbons (Fsp3) is 0.200. The van der Waals surface area contributed by atoms with Gasteiger partial charge in [0, 0.05) is 11.8 Å². The highest BCUT2D eigenvalue weighted by atomic mass is 32.1. The lowest BCUT2D eigenvalue weighted by atomic mass is 10.3. The summed E-state index contributed by atoms with van der Waals surface area (Å²) in [4.78, 5) is 13.9. The van der Waals surface area contributed by atoms with Crippen molar-refractivity contribution in [2.75, 3.05) is 0 Å². The zero-order valence-corrected chi connectivity index (χ0v) is 12.7. The third kappa shape index (κ3) is 2.62. The summed E-state index contributed by atoms with van der Waals surface area (Å²) in [5.74, 6) is 2.31. The van der Waals surface area contributed by atoms with Crippen LogP contribution in [0.25, 0.3) is 16.9 Å². The standard InChI is InChI=1S/C15H15N5S/c1-9-7-14(18-10(2)17-9)20-12-6-4-3-5-11(12)19-15(20)8-13(16)21/h3-7H,8H2,1-2H3,(H2,16,21). The van der Waals surface area contributed by atoms with Gasteiger partial charge >= 0.3 is 0 Å². The molecule has 0 amide bonds. The van der Waals surface area contributed by atoms with Crippen LogP contribution >= 0.6 is 12.2 Å². The highest BCUT2D eigenvalue weighted by Crippen LogP contribution is 2.21. The fourth-order valence-electron chi connectivity index (χ4n) is 2.42. The Morgan fingerprint density at radius 1 is 1.19 bits per heavy atom. The van der Waals surface area contributed by atoms with E-state index in [0.717, 1.165) is 34.2 Å². The summed E-state index contributed by atoms with van der Waals surface area (Å²) >= 11 is 5.03. The Balaban J connectivity index is 2.30. The second-order valence-corrected chi connectivity index (χ2v) is 5.43. The van der Waals surface area contributed by atoms with Crippen LogP contribution < -0.4 is 5.73 Å². The van der Waals surface area contributed by atoms with Crippen molar-refractivity contribution in [3.8, 4) is 5.82 Å². The third-order valence-electron chi connectivity index (χ3n) is 3.14. The first-order chi connectivity index (χ1) is 10.0. The van der Waals surface area contributed by atoms with Crippen molar-refractivity contribution in [3.05, 3.63) is 47.7 Å².